The number of aromatic nitrogens is 6. The summed E-state index contributed by atoms with van der Waals surface area (Å²) in [6.07, 6.45) is 0.449. The predicted molar refractivity (Wildman–Crippen MR) is 135 cm³/mol. The number of rotatable bonds is 8. The number of para-hydroxylation sites is 1. The molecule has 0 aliphatic carbocycles. The van der Waals surface area contributed by atoms with E-state index >= 15 is 0 Å². The summed E-state index contributed by atoms with van der Waals surface area (Å²) in [5, 5.41) is 5.43. The Kier molecular flexibility index (Phi) is 6.31. The van der Waals surface area contributed by atoms with Crippen LogP contribution in [-0.2, 0) is 13.0 Å². The number of pyridine rings is 1. The Morgan fingerprint density at radius 1 is 0.861 bits per heavy atom. The van der Waals surface area contributed by atoms with Gasteiger partial charge in [0.15, 0.2) is 17.3 Å². The second-order valence-corrected chi connectivity index (χ2v) is 8.06. The van der Waals surface area contributed by atoms with E-state index in [1.807, 2.05) is 54.6 Å². The Hall–Kier alpha value is -4.73. The fourth-order valence-electron chi connectivity index (χ4n) is 3.88. The minimum absolute atomic E-state index is 0.143. The van der Waals surface area contributed by atoms with Gasteiger partial charge in [0.25, 0.3) is 0 Å². The first-order valence-corrected chi connectivity index (χ1v) is 11.3. The average molecular weight is 484 g/mol. The van der Waals surface area contributed by atoms with Crippen LogP contribution in [0.15, 0.2) is 60.7 Å². The quantitative estimate of drug-likeness (QED) is 0.352. The van der Waals surface area contributed by atoms with Crippen molar-refractivity contribution in [3.05, 3.63) is 83.6 Å². The smallest absolute Gasteiger partial charge is 0.240 e. The number of hydrogen-bond donors (Lipinski definition) is 1. The highest BCUT2D eigenvalue weighted by molar-refractivity contribution is 5.78. The molecule has 0 aliphatic rings. The van der Waals surface area contributed by atoms with E-state index < -0.39 is 0 Å². The van der Waals surface area contributed by atoms with Crippen LogP contribution < -0.4 is 19.9 Å². The van der Waals surface area contributed by atoms with Crippen LogP contribution in [0.3, 0.4) is 0 Å². The zero-order valence-corrected chi connectivity index (χ0v) is 20.2. The van der Waals surface area contributed by atoms with Gasteiger partial charge < -0.3 is 19.9 Å². The first-order chi connectivity index (χ1) is 17.5. The van der Waals surface area contributed by atoms with Gasteiger partial charge in [0.1, 0.15) is 18.3 Å². The number of methoxy groups -OCH3 is 2. The molecule has 5 aromatic rings. The number of nitrogen functional groups attached to an aromatic ring is 1. The van der Waals surface area contributed by atoms with Gasteiger partial charge in [-0.2, -0.15) is 14.6 Å². The SMILES string of the molecule is COc1ccc(Cc2nc(N)nn2-c2cc(OCc3ccc4ccccc4n3)nc(C)n2)cc1OC. The Morgan fingerprint density at radius 2 is 1.69 bits per heavy atom. The van der Waals surface area contributed by atoms with E-state index in [9.17, 15) is 0 Å². The van der Waals surface area contributed by atoms with Crippen molar-refractivity contribution in [1.29, 1.82) is 0 Å². The molecule has 0 bridgehead atoms. The molecule has 2 N–H and O–H groups in total. The molecule has 3 aromatic heterocycles. The van der Waals surface area contributed by atoms with E-state index in [-0.39, 0.29) is 12.6 Å². The van der Waals surface area contributed by atoms with Crippen molar-refractivity contribution < 1.29 is 14.2 Å². The van der Waals surface area contributed by atoms with E-state index in [0.29, 0.717) is 41.3 Å². The molecule has 0 saturated heterocycles. The molecule has 0 saturated carbocycles. The van der Waals surface area contributed by atoms with E-state index in [4.69, 9.17) is 19.9 Å². The fraction of sp³-hybridized carbons (Fsp3) is 0.192. The maximum absolute atomic E-state index is 5.97. The Bertz CT molecular complexity index is 1530. The molecule has 182 valence electrons. The minimum Gasteiger partial charge on any atom is -0.493 e. The number of anilines is 1. The van der Waals surface area contributed by atoms with Crippen LogP contribution in [-0.4, -0.2) is 43.9 Å². The van der Waals surface area contributed by atoms with Crippen LogP contribution in [0.4, 0.5) is 5.95 Å². The number of aryl methyl sites for hydroxylation is 1. The number of nitrogens with zero attached hydrogens (tertiary/aromatic N) is 6. The standard InChI is InChI=1S/C26H25N7O3/c1-16-28-24(14-25(29-16)36-15-19-10-9-18-6-4-5-7-20(18)30-19)33-23(31-26(27)32-33)13-17-8-11-21(34-2)22(12-17)35-3/h4-12,14H,13,15H2,1-3H3,(H2,27,32). The molecule has 5 rings (SSSR count). The largest absolute Gasteiger partial charge is 0.493 e. The van der Waals surface area contributed by atoms with Crippen molar-refractivity contribution in [1.82, 2.24) is 29.7 Å². The molecule has 3 heterocycles. The average Bonchev–Trinajstić information content (AvgIpc) is 3.26. The summed E-state index contributed by atoms with van der Waals surface area (Å²) in [5.41, 5.74) is 8.62. The monoisotopic (exact) mass is 483 g/mol. The zero-order valence-electron chi connectivity index (χ0n) is 20.2. The molecule has 36 heavy (non-hydrogen) atoms. The summed E-state index contributed by atoms with van der Waals surface area (Å²) in [4.78, 5) is 18.0. The van der Waals surface area contributed by atoms with Crippen LogP contribution in [0, 0.1) is 6.92 Å². The number of fused-ring (bicyclic) bond motifs is 1. The molecular weight excluding hydrogens is 458 g/mol. The molecule has 0 atom stereocenters. The highest BCUT2D eigenvalue weighted by atomic mass is 16.5. The lowest BCUT2D eigenvalue weighted by molar-refractivity contribution is 0.288. The molecule has 0 fully saturated rings. The lowest BCUT2D eigenvalue weighted by Gasteiger charge is -2.11. The summed E-state index contributed by atoms with van der Waals surface area (Å²) in [5.74, 6) is 3.47. The summed E-state index contributed by atoms with van der Waals surface area (Å²) in [7, 11) is 3.20. The van der Waals surface area contributed by atoms with Gasteiger partial charge in [-0.25, -0.2) is 9.97 Å². The Morgan fingerprint density at radius 3 is 2.53 bits per heavy atom. The second kappa shape index (κ2) is 9.87. The summed E-state index contributed by atoms with van der Waals surface area (Å²) in [6, 6.07) is 19.3. The van der Waals surface area contributed by atoms with Crippen LogP contribution in [0.5, 0.6) is 17.4 Å². The fourth-order valence-corrected chi connectivity index (χ4v) is 3.88. The lowest BCUT2D eigenvalue weighted by atomic mass is 10.1. The van der Waals surface area contributed by atoms with Crippen LogP contribution >= 0.6 is 0 Å². The Balaban J connectivity index is 1.40. The van der Waals surface area contributed by atoms with Gasteiger partial charge in [0.05, 0.1) is 25.4 Å². The van der Waals surface area contributed by atoms with Crippen molar-refractivity contribution in [2.24, 2.45) is 0 Å². The number of ether oxygens (including phenoxy) is 3. The van der Waals surface area contributed by atoms with E-state index in [1.54, 1.807) is 31.9 Å². The predicted octanol–water partition coefficient (Wildman–Crippen LogP) is 3.68. The first kappa shape index (κ1) is 23.0. The molecular formula is C26H25N7O3. The third-order valence-electron chi connectivity index (χ3n) is 5.54. The molecule has 0 radical (unpaired) electrons. The van der Waals surface area contributed by atoms with E-state index in [1.165, 1.54) is 0 Å². The molecule has 0 spiro atoms. The molecule has 0 aliphatic heterocycles. The second-order valence-electron chi connectivity index (χ2n) is 8.06. The molecule has 0 unspecified atom stereocenters. The normalized spacial score (nSPS) is 11.0. The summed E-state index contributed by atoms with van der Waals surface area (Å²) in [6.45, 7) is 2.05. The minimum atomic E-state index is 0.143. The van der Waals surface area contributed by atoms with E-state index in [0.717, 1.165) is 22.2 Å². The number of benzene rings is 2. The molecule has 10 nitrogen and oxygen atoms in total. The van der Waals surface area contributed by atoms with Gasteiger partial charge >= 0.3 is 0 Å². The third kappa shape index (κ3) is 4.88. The Labute approximate surface area is 207 Å². The third-order valence-corrected chi connectivity index (χ3v) is 5.54. The van der Waals surface area contributed by atoms with Gasteiger partial charge in [-0.15, -0.1) is 5.10 Å². The van der Waals surface area contributed by atoms with Crippen LogP contribution in [0.1, 0.15) is 22.9 Å². The number of hydrogen-bond acceptors (Lipinski definition) is 9. The lowest BCUT2D eigenvalue weighted by Crippen LogP contribution is -2.09. The molecule has 0 amide bonds. The molecule has 2 aromatic carbocycles. The first-order valence-electron chi connectivity index (χ1n) is 11.3. The van der Waals surface area contributed by atoms with Crippen molar-refractivity contribution in [3.8, 4) is 23.2 Å². The van der Waals surface area contributed by atoms with Gasteiger partial charge in [-0.1, -0.05) is 30.3 Å². The van der Waals surface area contributed by atoms with Crippen molar-refractivity contribution >= 4 is 16.9 Å². The maximum atomic E-state index is 5.97. The van der Waals surface area contributed by atoms with Crippen molar-refractivity contribution in [2.75, 3.05) is 20.0 Å². The highest BCUT2D eigenvalue weighted by Crippen LogP contribution is 2.28. The highest BCUT2D eigenvalue weighted by Gasteiger charge is 2.15. The van der Waals surface area contributed by atoms with Crippen molar-refractivity contribution in [2.45, 2.75) is 20.0 Å². The van der Waals surface area contributed by atoms with Gasteiger partial charge in [0.2, 0.25) is 11.8 Å². The van der Waals surface area contributed by atoms with Gasteiger partial charge in [0, 0.05) is 17.9 Å². The topological polar surface area (TPSA) is 123 Å². The maximum Gasteiger partial charge on any atom is 0.240 e. The van der Waals surface area contributed by atoms with E-state index in [2.05, 4.69) is 25.0 Å². The summed E-state index contributed by atoms with van der Waals surface area (Å²) >= 11 is 0. The van der Waals surface area contributed by atoms with Crippen molar-refractivity contribution in [3.63, 3.8) is 0 Å². The van der Waals surface area contributed by atoms with Gasteiger partial charge in [-0.3, -0.25) is 0 Å². The van der Waals surface area contributed by atoms with Crippen LogP contribution in [0.2, 0.25) is 0 Å². The zero-order chi connectivity index (χ0) is 25.1. The van der Waals surface area contributed by atoms with Gasteiger partial charge in [-0.05, 0) is 36.8 Å². The summed E-state index contributed by atoms with van der Waals surface area (Å²) < 4.78 is 18.3. The number of nitrogens with two attached hydrogens (primary N) is 1. The molecule has 10 heteroatoms. The van der Waals surface area contributed by atoms with Crippen LogP contribution in [0.25, 0.3) is 16.7 Å².